The van der Waals surface area contributed by atoms with Crippen molar-refractivity contribution in [2.24, 2.45) is 11.8 Å². The van der Waals surface area contributed by atoms with Crippen LogP contribution in [-0.2, 0) is 19.9 Å². The number of para-hydroxylation sites is 3. The molecule has 0 radical (unpaired) electrons. The molecule has 31 heavy (non-hydrogen) atoms. The van der Waals surface area contributed by atoms with Gasteiger partial charge in [0.2, 0.25) is 17.4 Å². The van der Waals surface area contributed by atoms with E-state index in [-0.39, 0.29) is 30.3 Å². The fraction of sp³-hybridized carbons (Fsp3) is 0.292. The molecule has 3 heterocycles. The molecule has 2 saturated heterocycles. The lowest BCUT2D eigenvalue weighted by molar-refractivity contribution is -0.730. The second-order valence-corrected chi connectivity index (χ2v) is 8.19. The van der Waals surface area contributed by atoms with Crippen molar-refractivity contribution in [2.45, 2.75) is 18.5 Å². The number of nitrogens with zero attached hydrogens (tertiary/aromatic N) is 2. The monoisotopic (exact) mass is 416 g/mol. The number of terminal acetylenes is 1. The van der Waals surface area contributed by atoms with Crippen molar-refractivity contribution in [3.8, 4) is 18.1 Å². The summed E-state index contributed by atoms with van der Waals surface area (Å²) in [7, 11) is 1.50. The van der Waals surface area contributed by atoms with Gasteiger partial charge in [0.15, 0.2) is 0 Å². The zero-order chi connectivity index (χ0) is 21.9. The zero-order valence-corrected chi connectivity index (χ0v) is 17.2. The number of rotatable bonds is 3. The first-order chi connectivity index (χ1) is 15.0. The standard InChI is InChI=1S/C24H21N3O4/c1-4-13-26-16-10-6-5-9-15(16)24(23(26)30)20-19(14(2)25-24)21(28)27(22(20)29)17-11-7-8-12-18(17)31-3/h1,5-12,14,19-20,25H,13H2,2-3H3/p+1/t14-,19-,20-,24-/m0/s1. The second-order valence-electron chi connectivity index (χ2n) is 8.19. The summed E-state index contributed by atoms with van der Waals surface area (Å²) in [6, 6.07) is 14.0. The fourth-order valence-corrected chi connectivity index (χ4v) is 5.59. The van der Waals surface area contributed by atoms with Gasteiger partial charge in [-0.15, -0.1) is 6.42 Å². The van der Waals surface area contributed by atoms with E-state index in [9.17, 15) is 14.4 Å². The Labute approximate surface area is 180 Å². The SMILES string of the molecule is C#CCN1C(=O)[C@]2([NH2+][C@@H](C)[C@@H]3C(=O)N(c4ccccc4OC)C(=O)[C@H]32)c2ccccc21. The molecule has 2 N–H and O–H groups in total. The Balaban J connectivity index is 1.68. The molecule has 2 fully saturated rings. The minimum atomic E-state index is -1.21. The number of hydrogen-bond donors (Lipinski definition) is 1. The molecule has 1 spiro atoms. The third-order valence-electron chi connectivity index (χ3n) is 6.75. The van der Waals surface area contributed by atoms with Gasteiger partial charge in [-0.1, -0.05) is 36.3 Å². The minimum Gasteiger partial charge on any atom is -0.495 e. The van der Waals surface area contributed by atoms with E-state index in [1.54, 1.807) is 29.2 Å². The first-order valence-electron chi connectivity index (χ1n) is 10.2. The molecule has 0 bridgehead atoms. The first kappa shape index (κ1) is 19.3. The number of carbonyl (C=O) groups is 3. The molecule has 0 saturated carbocycles. The average Bonchev–Trinajstić information content (AvgIpc) is 3.32. The van der Waals surface area contributed by atoms with Gasteiger partial charge < -0.3 is 10.1 Å². The summed E-state index contributed by atoms with van der Waals surface area (Å²) < 4.78 is 5.40. The molecular formula is C24H22N3O4+. The van der Waals surface area contributed by atoms with E-state index in [2.05, 4.69) is 5.92 Å². The lowest BCUT2D eigenvalue weighted by Gasteiger charge is -2.27. The highest BCUT2D eigenvalue weighted by Crippen LogP contribution is 2.52. The molecule has 0 aliphatic carbocycles. The molecule has 0 unspecified atom stereocenters. The van der Waals surface area contributed by atoms with Crippen molar-refractivity contribution in [3.05, 3.63) is 54.1 Å². The highest BCUT2D eigenvalue weighted by atomic mass is 16.5. The fourth-order valence-electron chi connectivity index (χ4n) is 5.59. The van der Waals surface area contributed by atoms with Gasteiger partial charge in [-0.3, -0.25) is 19.3 Å². The Bertz CT molecular complexity index is 1170. The van der Waals surface area contributed by atoms with Gasteiger partial charge in [0, 0.05) is 5.56 Å². The maximum Gasteiger partial charge on any atom is 0.295 e. The molecule has 3 amide bonds. The molecule has 2 aromatic rings. The number of imide groups is 1. The van der Waals surface area contributed by atoms with Gasteiger partial charge in [-0.05, 0) is 25.1 Å². The summed E-state index contributed by atoms with van der Waals surface area (Å²) in [6.07, 6.45) is 5.53. The molecule has 3 aliphatic heterocycles. The first-order valence-corrected chi connectivity index (χ1v) is 10.2. The van der Waals surface area contributed by atoms with Gasteiger partial charge in [-0.25, -0.2) is 4.90 Å². The molecule has 7 heteroatoms. The van der Waals surface area contributed by atoms with Gasteiger partial charge in [0.05, 0.1) is 31.1 Å². The Morgan fingerprint density at radius 2 is 1.74 bits per heavy atom. The molecule has 3 aliphatic rings. The van der Waals surface area contributed by atoms with Crippen molar-refractivity contribution in [1.82, 2.24) is 0 Å². The van der Waals surface area contributed by atoms with E-state index in [4.69, 9.17) is 11.2 Å². The van der Waals surface area contributed by atoms with Crippen LogP contribution >= 0.6 is 0 Å². The van der Waals surface area contributed by atoms with E-state index in [1.807, 2.05) is 36.5 Å². The van der Waals surface area contributed by atoms with Crippen LogP contribution in [0.3, 0.4) is 0 Å². The summed E-state index contributed by atoms with van der Waals surface area (Å²) >= 11 is 0. The van der Waals surface area contributed by atoms with Crippen LogP contribution in [0.2, 0.25) is 0 Å². The number of quaternary nitrogens is 1. The number of fused-ring (bicyclic) bond motifs is 4. The predicted octanol–water partition coefficient (Wildman–Crippen LogP) is 0.642. The third-order valence-corrected chi connectivity index (χ3v) is 6.75. The number of ether oxygens (including phenoxy) is 1. The smallest absolute Gasteiger partial charge is 0.295 e. The Hall–Kier alpha value is -3.63. The molecule has 5 rings (SSSR count). The minimum absolute atomic E-state index is 0.107. The summed E-state index contributed by atoms with van der Waals surface area (Å²) in [6.45, 7) is 2.00. The van der Waals surface area contributed by atoms with Gasteiger partial charge in [-0.2, -0.15) is 0 Å². The Kier molecular flexibility index (Phi) is 4.17. The van der Waals surface area contributed by atoms with E-state index in [0.717, 1.165) is 5.56 Å². The molecule has 4 atom stereocenters. The summed E-state index contributed by atoms with van der Waals surface area (Å²) in [5, 5.41) is 1.88. The van der Waals surface area contributed by atoms with E-state index < -0.39 is 17.4 Å². The number of benzene rings is 2. The zero-order valence-electron chi connectivity index (χ0n) is 17.2. The van der Waals surface area contributed by atoms with E-state index >= 15 is 0 Å². The lowest BCUT2D eigenvalue weighted by Crippen LogP contribution is -2.98. The summed E-state index contributed by atoms with van der Waals surface area (Å²) in [5.41, 5.74) is 0.625. The number of anilines is 2. The maximum absolute atomic E-state index is 13.8. The van der Waals surface area contributed by atoms with Crippen molar-refractivity contribution in [1.29, 1.82) is 0 Å². The quantitative estimate of drug-likeness (QED) is 0.588. The summed E-state index contributed by atoms with van der Waals surface area (Å²) in [5.74, 6) is 0.595. The van der Waals surface area contributed by atoms with Crippen LogP contribution in [0.25, 0.3) is 0 Å². The maximum atomic E-state index is 13.8. The van der Waals surface area contributed by atoms with E-state index in [1.165, 1.54) is 12.0 Å². The molecule has 156 valence electrons. The molecule has 0 aromatic heterocycles. The molecule has 2 aromatic carbocycles. The normalized spacial score (nSPS) is 28.8. The number of amides is 3. The Morgan fingerprint density at radius 3 is 2.45 bits per heavy atom. The average molecular weight is 416 g/mol. The largest absolute Gasteiger partial charge is 0.495 e. The van der Waals surface area contributed by atoms with Crippen LogP contribution in [0.5, 0.6) is 5.75 Å². The topological polar surface area (TPSA) is 83.5 Å². The molecule has 7 nitrogen and oxygen atoms in total. The van der Waals surface area contributed by atoms with Crippen LogP contribution in [0.4, 0.5) is 11.4 Å². The van der Waals surface area contributed by atoms with Crippen LogP contribution in [0, 0.1) is 24.2 Å². The van der Waals surface area contributed by atoms with E-state index in [0.29, 0.717) is 17.1 Å². The van der Waals surface area contributed by atoms with Crippen LogP contribution in [0.15, 0.2) is 48.5 Å². The molecular weight excluding hydrogens is 394 g/mol. The lowest BCUT2D eigenvalue weighted by atomic mass is 9.76. The third kappa shape index (κ3) is 2.31. The number of carbonyl (C=O) groups excluding carboxylic acids is 3. The highest BCUT2D eigenvalue weighted by Gasteiger charge is 2.74. The van der Waals surface area contributed by atoms with Crippen LogP contribution in [0.1, 0.15) is 12.5 Å². The van der Waals surface area contributed by atoms with Crippen molar-refractivity contribution in [2.75, 3.05) is 23.5 Å². The van der Waals surface area contributed by atoms with Crippen molar-refractivity contribution in [3.63, 3.8) is 0 Å². The number of nitrogens with two attached hydrogens (primary N) is 1. The van der Waals surface area contributed by atoms with Crippen LogP contribution in [-0.4, -0.2) is 37.4 Å². The van der Waals surface area contributed by atoms with Gasteiger partial charge >= 0.3 is 0 Å². The number of methoxy groups -OCH3 is 1. The predicted molar refractivity (Wildman–Crippen MR) is 113 cm³/mol. The Morgan fingerprint density at radius 1 is 1.06 bits per heavy atom. The number of hydrogen-bond acceptors (Lipinski definition) is 4. The van der Waals surface area contributed by atoms with Gasteiger partial charge in [0.25, 0.3) is 5.91 Å². The van der Waals surface area contributed by atoms with Gasteiger partial charge in [0.1, 0.15) is 17.6 Å². The highest BCUT2D eigenvalue weighted by molar-refractivity contribution is 6.25. The van der Waals surface area contributed by atoms with Crippen LogP contribution < -0.4 is 19.9 Å². The van der Waals surface area contributed by atoms with Crippen molar-refractivity contribution < 1.29 is 24.4 Å². The summed E-state index contributed by atoms with van der Waals surface area (Å²) in [4.78, 5) is 43.8. The van der Waals surface area contributed by atoms with Crippen molar-refractivity contribution >= 4 is 29.1 Å². The second kappa shape index (κ2) is 6.69.